The molecule has 1 aliphatic rings. The van der Waals surface area contributed by atoms with Crippen LogP contribution in [-0.2, 0) is 4.79 Å². The van der Waals surface area contributed by atoms with Crippen molar-refractivity contribution in [2.75, 3.05) is 12.4 Å². The summed E-state index contributed by atoms with van der Waals surface area (Å²) >= 11 is 7.55. The summed E-state index contributed by atoms with van der Waals surface area (Å²) in [6.45, 7) is 5.66. The van der Waals surface area contributed by atoms with Crippen LogP contribution >= 0.6 is 22.9 Å². The zero-order valence-corrected chi connectivity index (χ0v) is 24.0. The number of thiazole rings is 1. The van der Waals surface area contributed by atoms with Gasteiger partial charge >= 0.3 is 0 Å². The number of allylic oxidation sites excluding steroid dienone is 1. The van der Waals surface area contributed by atoms with E-state index >= 15 is 0 Å². The van der Waals surface area contributed by atoms with Gasteiger partial charge in [0.15, 0.2) is 4.80 Å². The summed E-state index contributed by atoms with van der Waals surface area (Å²) in [7, 11) is 1.59. The number of fused-ring (bicyclic) bond motifs is 1. The lowest BCUT2D eigenvalue weighted by atomic mass is 9.95. The first-order valence-corrected chi connectivity index (χ1v) is 13.9. The molecule has 204 valence electrons. The number of rotatable bonds is 7. The number of hydrogen-bond donors (Lipinski definition) is 1. The molecule has 5 rings (SSSR count). The Balaban J connectivity index is 1.68. The summed E-state index contributed by atoms with van der Waals surface area (Å²) in [4.78, 5) is 32.9. The number of anilines is 1. The summed E-state index contributed by atoms with van der Waals surface area (Å²) in [5.41, 5.74) is 2.75. The Bertz CT molecular complexity index is 1770. The summed E-state index contributed by atoms with van der Waals surface area (Å²) in [5, 5.41) is 3.49. The number of nitrogens with one attached hydrogen (secondary N) is 1. The second-order valence-electron chi connectivity index (χ2n) is 9.52. The molecule has 0 spiro atoms. The smallest absolute Gasteiger partial charge is 0.271 e. The van der Waals surface area contributed by atoms with E-state index in [4.69, 9.17) is 26.1 Å². The lowest BCUT2D eigenvalue weighted by molar-refractivity contribution is -0.113. The summed E-state index contributed by atoms with van der Waals surface area (Å²) in [6.07, 6.45) is 1.71. The molecule has 1 aromatic heterocycles. The minimum atomic E-state index is -0.696. The van der Waals surface area contributed by atoms with Crippen molar-refractivity contribution in [3.63, 3.8) is 0 Å². The molecule has 0 radical (unpaired) electrons. The first kappa shape index (κ1) is 27.4. The normalized spacial score (nSPS) is 15.1. The minimum absolute atomic E-state index is 0.0575. The predicted octanol–water partition coefficient (Wildman–Crippen LogP) is 5.32. The van der Waals surface area contributed by atoms with Gasteiger partial charge in [-0.25, -0.2) is 4.99 Å². The van der Waals surface area contributed by atoms with Crippen molar-refractivity contribution in [2.24, 2.45) is 4.99 Å². The molecular formula is C31H28ClN3O4S. The van der Waals surface area contributed by atoms with E-state index in [1.165, 1.54) is 11.3 Å². The molecule has 2 heterocycles. The largest absolute Gasteiger partial charge is 0.497 e. The molecule has 1 amide bonds. The van der Waals surface area contributed by atoms with Crippen LogP contribution in [0.15, 0.2) is 93.9 Å². The lowest BCUT2D eigenvalue weighted by Gasteiger charge is -2.25. The van der Waals surface area contributed by atoms with Crippen LogP contribution in [0.2, 0.25) is 5.02 Å². The number of halogens is 1. The van der Waals surface area contributed by atoms with Gasteiger partial charge in [-0.1, -0.05) is 53.3 Å². The molecule has 40 heavy (non-hydrogen) atoms. The van der Waals surface area contributed by atoms with E-state index in [-0.39, 0.29) is 17.6 Å². The molecular weight excluding hydrogens is 546 g/mol. The van der Waals surface area contributed by atoms with Gasteiger partial charge < -0.3 is 14.8 Å². The number of hydrogen-bond acceptors (Lipinski definition) is 6. The zero-order valence-electron chi connectivity index (χ0n) is 22.5. The van der Waals surface area contributed by atoms with Gasteiger partial charge in [-0.2, -0.15) is 0 Å². The van der Waals surface area contributed by atoms with Gasteiger partial charge in [-0.3, -0.25) is 14.2 Å². The number of nitrogens with zero attached hydrogens (tertiary/aromatic N) is 2. The van der Waals surface area contributed by atoms with Crippen LogP contribution in [0.25, 0.3) is 6.08 Å². The Morgan fingerprint density at radius 1 is 1.10 bits per heavy atom. The van der Waals surface area contributed by atoms with Gasteiger partial charge in [0.05, 0.1) is 35.1 Å². The molecule has 0 aliphatic carbocycles. The standard InChI is InChI=1S/C31H28ClN3O4S/c1-18(2)39-25-15-12-22(32)16-21(25)17-26-30(37)35-28(20-10-13-24(38-4)14-11-20)27(19(3)33-31(35)40-26)29(36)34-23-8-6-5-7-9-23/h5-18,28H,1-4H3,(H,34,36)/b26-17-/t28-/m0/s1. The van der Waals surface area contributed by atoms with Crippen molar-refractivity contribution < 1.29 is 14.3 Å². The maximum atomic E-state index is 14.0. The number of methoxy groups -OCH3 is 1. The highest BCUT2D eigenvalue weighted by Gasteiger charge is 2.32. The number of ether oxygens (including phenoxy) is 2. The average molecular weight is 574 g/mol. The molecule has 0 bridgehead atoms. The topological polar surface area (TPSA) is 81.9 Å². The molecule has 3 aromatic carbocycles. The number of benzene rings is 3. The van der Waals surface area contributed by atoms with Gasteiger partial charge in [0.25, 0.3) is 11.5 Å². The molecule has 1 atom stereocenters. The molecule has 0 saturated carbocycles. The van der Waals surface area contributed by atoms with E-state index in [1.807, 2.05) is 68.4 Å². The molecule has 0 saturated heterocycles. The maximum absolute atomic E-state index is 14.0. The summed E-state index contributed by atoms with van der Waals surface area (Å²) in [6, 6.07) is 21.2. The summed E-state index contributed by atoms with van der Waals surface area (Å²) in [5.74, 6) is 0.965. The number of aromatic nitrogens is 1. The minimum Gasteiger partial charge on any atom is -0.497 e. The molecule has 1 N–H and O–H groups in total. The van der Waals surface area contributed by atoms with Gasteiger partial charge in [-0.15, -0.1) is 0 Å². The first-order valence-electron chi connectivity index (χ1n) is 12.7. The molecule has 0 fully saturated rings. The Hall–Kier alpha value is -4.14. The van der Waals surface area contributed by atoms with Crippen molar-refractivity contribution in [1.82, 2.24) is 4.57 Å². The van der Waals surface area contributed by atoms with Crippen molar-refractivity contribution >= 4 is 40.6 Å². The van der Waals surface area contributed by atoms with Crippen LogP contribution < -0.4 is 29.7 Å². The number of para-hydroxylation sites is 1. The van der Waals surface area contributed by atoms with Crippen LogP contribution in [0.4, 0.5) is 5.69 Å². The van der Waals surface area contributed by atoms with Crippen LogP contribution in [0.5, 0.6) is 11.5 Å². The van der Waals surface area contributed by atoms with Gasteiger partial charge in [0.1, 0.15) is 11.5 Å². The molecule has 7 nitrogen and oxygen atoms in total. The van der Waals surface area contributed by atoms with Gasteiger partial charge in [0.2, 0.25) is 0 Å². The van der Waals surface area contributed by atoms with Crippen molar-refractivity contribution in [3.05, 3.63) is 120 Å². The highest BCUT2D eigenvalue weighted by atomic mass is 35.5. The Labute approximate surface area is 240 Å². The zero-order chi connectivity index (χ0) is 28.4. The third-order valence-corrected chi connectivity index (χ3v) is 7.57. The third kappa shape index (κ3) is 5.59. The van der Waals surface area contributed by atoms with E-state index in [1.54, 1.807) is 42.9 Å². The van der Waals surface area contributed by atoms with Gasteiger partial charge in [-0.05, 0) is 74.9 Å². The second-order valence-corrected chi connectivity index (χ2v) is 11.0. The molecule has 4 aromatic rings. The molecule has 1 aliphatic heterocycles. The Kier molecular flexibility index (Phi) is 7.91. The van der Waals surface area contributed by atoms with E-state index in [2.05, 4.69) is 5.32 Å². The fourth-order valence-corrected chi connectivity index (χ4v) is 5.79. The van der Waals surface area contributed by atoms with Crippen LogP contribution in [0.1, 0.15) is 37.9 Å². The Morgan fingerprint density at radius 3 is 2.50 bits per heavy atom. The fourth-order valence-electron chi connectivity index (χ4n) is 4.57. The maximum Gasteiger partial charge on any atom is 0.271 e. The second kappa shape index (κ2) is 11.5. The quantitative estimate of drug-likeness (QED) is 0.324. The van der Waals surface area contributed by atoms with Gasteiger partial charge in [0, 0.05) is 16.3 Å². The van der Waals surface area contributed by atoms with E-state index < -0.39 is 6.04 Å². The van der Waals surface area contributed by atoms with Crippen molar-refractivity contribution in [1.29, 1.82) is 0 Å². The van der Waals surface area contributed by atoms with Crippen LogP contribution in [0, 0.1) is 0 Å². The van der Waals surface area contributed by atoms with E-state index in [0.29, 0.717) is 48.4 Å². The van der Waals surface area contributed by atoms with Crippen LogP contribution in [0.3, 0.4) is 0 Å². The van der Waals surface area contributed by atoms with Crippen LogP contribution in [-0.4, -0.2) is 23.7 Å². The van der Waals surface area contributed by atoms with E-state index in [0.717, 1.165) is 5.56 Å². The van der Waals surface area contributed by atoms with Crippen molar-refractivity contribution in [2.45, 2.75) is 32.9 Å². The van der Waals surface area contributed by atoms with Crippen molar-refractivity contribution in [3.8, 4) is 11.5 Å². The monoisotopic (exact) mass is 573 g/mol. The molecule has 0 unspecified atom stereocenters. The fraction of sp³-hybridized carbons (Fsp3) is 0.194. The Morgan fingerprint density at radius 2 is 1.82 bits per heavy atom. The number of carbonyl (C=O) groups is 1. The lowest BCUT2D eigenvalue weighted by Crippen LogP contribution is -2.40. The number of carbonyl (C=O) groups excluding carboxylic acids is 1. The highest BCUT2D eigenvalue weighted by Crippen LogP contribution is 2.32. The highest BCUT2D eigenvalue weighted by molar-refractivity contribution is 7.07. The molecule has 9 heteroatoms. The summed E-state index contributed by atoms with van der Waals surface area (Å²) < 4.78 is 13.3. The third-order valence-electron chi connectivity index (χ3n) is 6.35. The predicted molar refractivity (Wildman–Crippen MR) is 159 cm³/mol. The SMILES string of the molecule is COc1ccc([C@H]2C(C(=O)Nc3ccccc3)=C(C)N=c3s/c(=C\c4cc(Cl)ccc4OC(C)C)c(=O)n32)cc1. The van der Waals surface area contributed by atoms with E-state index in [9.17, 15) is 9.59 Å². The average Bonchev–Trinajstić information content (AvgIpc) is 3.23. The number of amides is 1. The first-order chi connectivity index (χ1) is 19.2.